The number of hydrogen-bond acceptors (Lipinski definition) is 3. The van der Waals surface area contributed by atoms with Gasteiger partial charge in [0.05, 0.1) is 11.4 Å². The molecule has 2 aromatic rings. The summed E-state index contributed by atoms with van der Waals surface area (Å²) in [6.07, 6.45) is 1.90. The Morgan fingerprint density at radius 1 is 1.33 bits per heavy atom. The van der Waals surface area contributed by atoms with E-state index in [4.69, 9.17) is 5.26 Å². The molecule has 4 nitrogen and oxygen atoms in total. The highest BCUT2D eigenvalue weighted by Crippen LogP contribution is 2.15. The summed E-state index contributed by atoms with van der Waals surface area (Å²) in [5.74, 6) is 0.682. The molecular weight excluding hydrogens is 188 g/mol. The van der Waals surface area contributed by atoms with Crippen LogP contribution in [0.15, 0.2) is 36.4 Å². The number of nitrogens with one attached hydrogen (secondary N) is 1. The van der Waals surface area contributed by atoms with Crippen LogP contribution in [0.3, 0.4) is 0 Å². The number of anilines is 1. The lowest BCUT2D eigenvalue weighted by molar-refractivity contribution is 0.869. The fourth-order valence-corrected chi connectivity index (χ4v) is 1.41. The molecule has 1 aromatic carbocycles. The van der Waals surface area contributed by atoms with Crippen LogP contribution in [0.4, 0.5) is 5.82 Å². The summed E-state index contributed by atoms with van der Waals surface area (Å²) in [4.78, 5) is 0. The minimum absolute atomic E-state index is 0.682. The summed E-state index contributed by atoms with van der Waals surface area (Å²) in [6, 6.07) is 11.5. The third kappa shape index (κ3) is 1.81. The van der Waals surface area contributed by atoms with Crippen LogP contribution in [0.2, 0.25) is 0 Å². The van der Waals surface area contributed by atoms with Gasteiger partial charge in [-0.2, -0.15) is 10.4 Å². The van der Waals surface area contributed by atoms with E-state index in [2.05, 4.69) is 10.4 Å². The third-order valence-electron chi connectivity index (χ3n) is 2.02. The van der Waals surface area contributed by atoms with Crippen molar-refractivity contribution in [3.05, 3.63) is 42.1 Å². The molecule has 1 N–H and O–H groups in total. The molecule has 0 aliphatic heterocycles. The Hall–Kier alpha value is -2.28. The van der Waals surface area contributed by atoms with E-state index in [9.17, 15) is 0 Å². The summed E-state index contributed by atoms with van der Waals surface area (Å²) in [5, 5.41) is 15.5. The smallest absolute Gasteiger partial charge is 0.182 e. The van der Waals surface area contributed by atoms with Crippen LogP contribution in [-0.2, 0) is 0 Å². The maximum atomic E-state index is 8.60. The summed E-state index contributed by atoms with van der Waals surface area (Å²) in [5.41, 5.74) is 1.81. The number of nitriles is 1. The number of para-hydroxylation sites is 1. The lowest BCUT2D eigenvalue weighted by atomic mass is 10.3. The second kappa shape index (κ2) is 3.84. The highest BCUT2D eigenvalue weighted by atomic mass is 15.3. The average molecular weight is 198 g/mol. The minimum Gasteiger partial charge on any atom is -0.277 e. The van der Waals surface area contributed by atoms with Crippen molar-refractivity contribution in [1.82, 2.24) is 9.78 Å². The largest absolute Gasteiger partial charge is 0.277 e. The van der Waals surface area contributed by atoms with Crippen LogP contribution in [0.1, 0.15) is 5.69 Å². The first-order chi connectivity index (χ1) is 7.31. The zero-order valence-electron chi connectivity index (χ0n) is 8.31. The Morgan fingerprint density at radius 3 is 2.73 bits per heavy atom. The standard InChI is InChI=1S/C11H10N4/c1-9-7-11(13-8-12)15(14-9)10-5-3-2-4-6-10/h2-7,13H,1H3. The average Bonchev–Trinajstić information content (AvgIpc) is 2.62. The van der Waals surface area contributed by atoms with Gasteiger partial charge in [0, 0.05) is 6.07 Å². The number of rotatable bonds is 2. The highest BCUT2D eigenvalue weighted by Gasteiger charge is 2.05. The van der Waals surface area contributed by atoms with E-state index in [1.54, 1.807) is 4.68 Å². The van der Waals surface area contributed by atoms with Gasteiger partial charge in [-0.1, -0.05) is 18.2 Å². The quantitative estimate of drug-likeness (QED) is 0.593. The number of aromatic nitrogens is 2. The van der Waals surface area contributed by atoms with E-state index < -0.39 is 0 Å². The Kier molecular flexibility index (Phi) is 2.38. The molecular formula is C11H10N4. The Labute approximate surface area is 87.8 Å². The van der Waals surface area contributed by atoms with Gasteiger partial charge in [-0.15, -0.1) is 0 Å². The number of hydrogen-bond donors (Lipinski definition) is 1. The molecule has 0 aliphatic rings. The molecule has 4 heteroatoms. The SMILES string of the molecule is Cc1cc(NC#N)n(-c2ccccc2)n1. The van der Waals surface area contributed by atoms with Crippen molar-refractivity contribution in [3.8, 4) is 11.9 Å². The van der Waals surface area contributed by atoms with E-state index >= 15 is 0 Å². The number of nitrogens with zero attached hydrogens (tertiary/aromatic N) is 3. The van der Waals surface area contributed by atoms with Crippen LogP contribution in [0, 0.1) is 18.4 Å². The van der Waals surface area contributed by atoms with Crippen molar-refractivity contribution in [2.75, 3.05) is 5.32 Å². The molecule has 0 unspecified atom stereocenters. The van der Waals surface area contributed by atoms with Crippen molar-refractivity contribution < 1.29 is 0 Å². The molecule has 0 radical (unpaired) electrons. The lowest BCUT2D eigenvalue weighted by Crippen LogP contribution is -2.01. The van der Waals surface area contributed by atoms with Crippen molar-refractivity contribution in [2.45, 2.75) is 6.92 Å². The number of benzene rings is 1. The Bertz CT molecular complexity index is 493. The zero-order chi connectivity index (χ0) is 10.7. The van der Waals surface area contributed by atoms with Gasteiger partial charge in [-0.25, -0.2) is 4.68 Å². The molecule has 0 spiro atoms. The molecule has 1 heterocycles. The van der Waals surface area contributed by atoms with E-state index in [0.717, 1.165) is 11.4 Å². The predicted octanol–water partition coefficient (Wildman–Crippen LogP) is 2.07. The maximum absolute atomic E-state index is 8.60. The molecule has 74 valence electrons. The Morgan fingerprint density at radius 2 is 2.07 bits per heavy atom. The first-order valence-corrected chi connectivity index (χ1v) is 4.58. The summed E-state index contributed by atoms with van der Waals surface area (Å²) in [6.45, 7) is 1.89. The van der Waals surface area contributed by atoms with Crippen molar-refractivity contribution in [2.24, 2.45) is 0 Å². The van der Waals surface area contributed by atoms with Gasteiger partial charge < -0.3 is 0 Å². The van der Waals surface area contributed by atoms with Crippen LogP contribution in [-0.4, -0.2) is 9.78 Å². The van der Waals surface area contributed by atoms with Gasteiger partial charge in [0.25, 0.3) is 0 Å². The number of aryl methyl sites for hydroxylation is 1. The molecule has 15 heavy (non-hydrogen) atoms. The molecule has 0 aliphatic carbocycles. The molecule has 2 rings (SSSR count). The van der Waals surface area contributed by atoms with Gasteiger partial charge in [0.15, 0.2) is 6.19 Å². The molecule has 0 atom stereocenters. The summed E-state index contributed by atoms with van der Waals surface area (Å²) < 4.78 is 1.71. The third-order valence-corrected chi connectivity index (χ3v) is 2.02. The van der Waals surface area contributed by atoms with Gasteiger partial charge in [0.1, 0.15) is 5.82 Å². The Balaban J connectivity index is 2.49. The lowest BCUT2D eigenvalue weighted by Gasteiger charge is -2.04. The fourth-order valence-electron chi connectivity index (χ4n) is 1.41. The normalized spacial score (nSPS) is 9.60. The van der Waals surface area contributed by atoms with E-state index in [0.29, 0.717) is 5.82 Å². The van der Waals surface area contributed by atoms with Gasteiger partial charge >= 0.3 is 0 Å². The van der Waals surface area contributed by atoms with E-state index in [1.807, 2.05) is 49.5 Å². The minimum atomic E-state index is 0.682. The van der Waals surface area contributed by atoms with E-state index in [-0.39, 0.29) is 0 Å². The van der Waals surface area contributed by atoms with Crippen LogP contribution < -0.4 is 5.32 Å². The molecule has 0 amide bonds. The first-order valence-electron chi connectivity index (χ1n) is 4.58. The predicted molar refractivity (Wildman–Crippen MR) is 57.5 cm³/mol. The summed E-state index contributed by atoms with van der Waals surface area (Å²) >= 11 is 0. The van der Waals surface area contributed by atoms with Crippen LogP contribution in [0.25, 0.3) is 5.69 Å². The molecule has 1 aromatic heterocycles. The van der Waals surface area contributed by atoms with Crippen LogP contribution in [0.5, 0.6) is 0 Å². The van der Waals surface area contributed by atoms with Gasteiger partial charge in [-0.3, -0.25) is 5.32 Å². The molecule has 0 saturated heterocycles. The highest BCUT2D eigenvalue weighted by molar-refractivity contribution is 5.48. The van der Waals surface area contributed by atoms with Crippen molar-refractivity contribution in [3.63, 3.8) is 0 Å². The fraction of sp³-hybridized carbons (Fsp3) is 0.0909. The maximum Gasteiger partial charge on any atom is 0.182 e. The van der Waals surface area contributed by atoms with Gasteiger partial charge in [0.2, 0.25) is 0 Å². The zero-order valence-corrected chi connectivity index (χ0v) is 8.31. The monoisotopic (exact) mass is 198 g/mol. The second-order valence-corrected chi connectivity index (χ2v) is 3.16. The van der Waals surface area contributed by atoms with Gasteiger partial charge in [-0.05, 0) is 19.1 Å². The summed E-state index contributed by atoms with van der Waals surface area (Å²) in [7, 11) is 0. The topological polar surface area (TPSA) is 53.6 Å². The van der Waals surface area contributed by atoms with E-state index in [1.165, 1.54) is 0 Å². The van der Waals surface area contributed by atoms with Crippen LogP contribution >= 0.6 is 0 Å². The molecule has 0 fully saturated rings. The second-order valence-electron chi connectivity index (χ2n) is 3.16. The van der Waals surface area contributed by atoms with Crippen molar-refractivity contribution in [1.29, 1.82) is 5.26 Å². The molecule has 0 bridgehead atoms. The van der Waals surface area contributed by atoms with Crippen molar-refractivity contribution >= 4 is 5.82 Å². The molecule has 0 saturated carbocycles. The first kappa shape index (κ1) is 9.28.